The minimum atomic E-state index is -0.379. The van der Waals surface area contributed by atoms with E-state index in [0.29, 0.717) is 5.56 Å². The number of carbonyl (C=O) groups is 1. The van der Waals surface area contributed by atoms with Crippen molar-refractivity contribution in [1.29, 1.82) is 0 Å². The Morgan fingerprint density at radius 3 is 2.67 bits per heavy atom. The first-order valence-electron chi connectivity index (χ1n) is 8.29. The Labute approximate surface area is 139 Å². The molecule has 5 nitrogen and oxygen atoms in total. The molecule has 120 valence electrons. The van der Waals surface area contributed by atoms with Crippen molar-refractivity contribution in [3.63, 3.8) is 0 Å². The Bertz CT molecular complexity index is 963. The Balaban J connectivity index is 1.65. The van der Waals surface area contributed by atoms with Gasteiger partial charge in [-0.25, -0.2) is 4.98 Å². The molecule has 0 saturated carbocycles. The van der Waals surface area contributed by atoms with Crippen molar-refractivity contribution in [2.45, 2.75) is 31.2 Å². The molecular formula is C19H18N4O. The molecule has 2 heterocycles. The topological polar surface area (TPSA) is 83.8 Å². The summed E-state index contributed by atoms with van der Waals surface area (Å²) in [6.07, 6.45) is 5.52. The van der Waals surface area contributed by atoms with Crippen LogP contribution in [0.2, 0.25) is 0 Å². The van der Waals surface area contributed by atoms with E-state index < -0.39 is 0 Å². The number of hydrogen-bond acceptors (Lipinski definition) is 3. The first-order chi connectivity index (χ1) is 11.7. The smallest absolute Gasteiger partial charge is 0.249 e. The first kappa shape index (κ1) is 13.6. The lowest BCUT2D eigenvalue weighted by molar-refractivity contribution is 0.0999. The van der Waals surface area contributed by atoms with E-state index in [1.165, 1.54) is 11.1 Å². The minimum Gasteiger partial charge on any atom is -0.377 e. The number of nitrogens with two attached hydrogens (primary N) is 1. The van der Waals surface area contributed by atoms with E-state index in [-0.39, 0.29) is 11.4 Å². The maximum absolute atomic E-state index is 11.9. The van der Waals surface area contributed by atoms with Gasteiger partial charge in [0.05, 0.1) is 17.5 Å². The van der Waals surface area contributed by atoms with Crippen molar-refractivity contribution in [3.05, 3.63) is 58.9 Å². The van der Waals surface area contributed by atoms with E-state index in [9.17, 15) is 4.79 Å². The molecule has 2 aromatic carbocycles. The number of rotatable bonds is 1. The van der Waals surface area contributed by atoms with Crippen molar-refractivity contribution in [2.24, 2.45) is 5.73 Å². The molecule has 1 aromatic heterocycles. The fourth-order valence-electron chi connectivity index (χ4n) is 4.39. The Morgan fingerprint density at radius 2 is 1.96 bits per heavy atom. The van der Waals surface area contributed by atoms with E-state index in [0.717, 1.165) is 48.0 Å². The number of aromatic nitrogens is 2. The van der Waals surface area contributed by atoms with Crippen molar-refractivity contribution < 1.29 is 4.79 Å². The summed E-state index contributed by atoms with van der Waals surface area (Å²) in [4.78, 5) is 19.5. The molecule has 0 radical (unpaired) electrons. The van der Waals surface area contributed by atoms with Gasteiger partial charge in [0, 0.05) is 11.1 Å². The SMILES string of the molecule is NC(=O)c1cc2[nH]cnc2c2c1CCC1(Cc3ccccc3C1)N2. The Morgan fingerprint density at radius 1 is 1.21 bits per heavy atom. The van der Waals surface area contributed by atoms with Crippen LogP contribution in [0, 0.1) is 0 Å². The standard InChI is InChI=1S/C19H18N4O/c20-18(24)14-7-15-17(22-10-21-15)16-13(14)5-6-19(23-16)8-11-3-1-2-4-12(11)9-19/h1-4,7,10,23H,5-6,8-9H2,(H2,20,24)(H,21,22). The lowest BCUT2D eigenvalue weighted by atomic mass is 9.82. The largest absolute Gasteiger partial charge is 0.377 e. The number of H-pyrrole nitrogens is 1. The summed E-state index contributed by atoms with van der Waals surface area (Å²) >= 11 is 0. The molecule has 0 saturated heterocycles. The molecule has 0 unspecified atom stereocenters. The first-order valence-corrected chi connectivity index (χ1v) is 8.29. The van der Waals surface area contributed by atoms with Crippen LogP contribution in [-0.2, 0) is 19.3 Å². The normalized spacial score (nSPS) is 17.5. The Hall–Kier alpha value is -2.82. The van der Waals surface area contributed by atoms with Gasteiger partial charge in [0.15, 0.2) is 0 Å². The van der Waals surface area contributed by atoms with Crippen molar-refractivity contribution in [3.8, 4) is 0 Å². The molecule has 2 aliphatic rings. The fourth-order valence-corrected chi connectivity index (χ4v) is 4.39. The highest BCUT2D eigenvalue weighted by molar-refractivity contribution is 6.03. The number of nitrogens with zero attached hydrogens (tertiary/aromatic N) is 1. The van der Waals surface area contributed by atoms with Crippen molar-refractivity contribution in [2.75, 3.05) is 5.32 Å². The van der Waals surface area contributed by atoms with Crippen LogP contribution in [0.25, 0.3) is 11.0 Å². The highest BCUT2D eigenvalue weighted by atomic mass is 16.1. The Kier molecular flexibility index (Phi) is 2.61. The van der Waals surface area contributed by atoms with Crippen LogP contribution in [0.1, 0.15) is 33.5 Å². The summed E-state index contributed by atoms with van der Waals surface area (Å²) in [6, 6.07) is 10.5. The molecular weight excluding hydrogens is 300 g/mol. The molecule has 5 heteroatoms. The summed E-state index contributed by atoms with van der Waals surface area (Å²) in [5.74, 6) is -0.379. The van der Waals surface area contributed by atoms with Gasteiger partial charge in [-0.15, -0.1) is 0 Å². The number of carbonyl (C=O) groups excluding carboxylic acids is 1. The average molecular weight is 318 g/mol. The number of primary amides is 1. The number of benzene rings is 2. The van der Waals surface area contributed by atoms with Crippen LogP contribution < -0.4 is 11.1 Å². The molecule has 3 aromatic rings. The fraction of sp³-hybridized carbons (Fsp3) is 0.263. The van der Waals surface area contributed by atoms with Crippen molar-refractivity contribution >= 4 is 22.6 Å². The molecule has 0 fully saturated rings. The molecule has 1 aliphatic carbocycles. The van der Waals surface area contributed by atoms with E-state index >= 15 is 0 Å². The molecule has 1 spiro atoms. The van der Waals surface area contributed by atoms with Gasteiger partial charge >= 0.3 is 0 Å². The highest BCUT2D eigenvalue weighted by Gasteiger charge is 2.41. The maximum Gasteiger partial charge on any atom is 0.249 e. The number of anilines is 1. The van der Waals surface area contributed by atoms with Gasteiger partial charge in [0.2, 0.25) is 5.91 Å². The number of amides is 1. The van der Waals surface area contributed by atoms with Gasteiger partial charge < -0.3 is 16.0 Å². The van der Waals surface area contributed by atoms with Crippen LogP contribution in [0.5, 0.6) is 0 Å². The van der Waals surface area contributed by atoms with E-state index in [1.54, 1.807) is 6.33 Å². The van der Waals surface area contributed by atoms with Crippen LogP contribution in [-0.4, -0.2) is 21.4 Å². The summed E-state index contributed by atoms with van der Waals surface area (Å²) in [5.41, 5.74) is 12.8. The predicted molar refractivity (Wildman–Crippen MR) is 93.1 cm³/mol. The number of fused-ring (bicyclic) bond motifs is 4. The van der Waals surface area contributed by atoms with Crippen LogP contribution in [0.3, 0.4) is 0 Å². The van der Waals surface area contributed by atoms with Gasteiger partial charge in [-0.1, -0.05) is 24.3 Å². The van der Waals surface area contributed by atoms with Crippen LogP contribution >= 0.6 is 0 Å². The van der Waals surface area contributed by atoms with E-state index in [2.05, 4.69) is 39.6 Å². The van der Waals surface area contributed by atoms with Crippen LogP contribution in [0.15, 0.2) is 36.7 Å². The lowest BCUT2D eigenvalue weighted by Crippen LogP contribution is -2.43. The summed E-state index contributed by atoms with van der Waals surface area (Å²) < 4.78 is 0. The van der Waals surface area contributed by atoms with Gasteiger partial charge in [0.1, 0.15) is 5.52 Å². The van der Waals surface area contributed by atoms with Crippen LogP contribution in [0.4, 0.5) is 5.69 Å². The summed E-state index contributed by atoms with van der Waals surface area (Å²) in [6.45, 7) is 0. The molecule has 5 rings (SSSR count). The van der Waals surface area contributed by atoms with Gasteiger partial charge in [-0.3, -0.25) is 4.79 Å². The zero-order chi connectivity index (χ0) is 16.3. The number of hydrogen-bond donors (Lipinski definition) is 3. The molecule has 1 amide bonds. The van der Waals surface area contributed by atoms with Gasteiger partial charge in [-0.2, -0.15) is 0 Å². The number of aromatic amines is 1. The molecule has 24 heavy (non-hydrogen) atoms. The third-order valence-electron chi connectivity index (χ3n) is 5.51. The monoisotopic (exact) mass is 318 g/mol. The number of nitrogens with one attached hydrogen (secondary N) is 2. The zero-order valence-corrected chi connectivity index (χ0v) is 13.2. The lowest BCUT2D eigenvalue weighted by Gasteiger charge is -2.37. The number of imidazole rings is 1. The second kappa shape index (κ2) is 4.60. The zero-order valence-electron chi connectivity index (χ0n) is 13.2. The van der Waals surface area contributed by atoms with Gasteiger partial charge in [-0.05, 0) is 48.4 Å². The van der Waals surface area contributed by atoms with E-state index in [1.807, 2.05) is 6.07 Å². The highest BCUT2D eigenvalue weighted by Crippen LogP contribution is 2.43. The van der Waals surface area contributed by atoms with Gasteiger partial charge in [0.25, 0.3) is 0 Å². The third-order valence-corrected chi connectivity index (χ3v) is 5.51. The molecule has 4 N–H and O–H groups in total. The second-order valence-electron chi connectivity index (χ2n) is 6.97. The maximum atomic E-state index is 11.9. The second-order valence-corrected chi connectivity index (χ2v) is 6.97. The molecule has 1 aliphatic heterocycles. The molecule has 0 atom stereocenters. The predicted octanol–water partition coefficient (Wildman–Crippen LogP) is 2.56. The average Bonchev–Trinajstić information content (AvgIpc) is 3.17. The van der Waals surface area contributed by atoms with E-state index in [4.69, 9.17) is 5.73 Å². The summed E-state index contributed by atoms with van der Waals surface area (Å²) in [5, 5.41) is 3.75. The summed E-state index contributed by atoms with van der Waals surface area (Å²) in [7, 11) is 0. The quantitative estimate of drug-likeness (QED) is 0.645. The minimum absolute atomic E-state index is 0.0127. The third kappa shape index (κ3) is 1.81. The molecule has 0 bridgehead atoms. The van der Waals surface area contributed by atoms with Crippen molar-refractivity contribution in [1.82, 2.24) is 9.97 Å².